The maximum Gasteiger partial charge on any atom is 0.265 e. The molecule has 0 aliphatic rings. The molecule has 0 amide bonds. The Kier molecular flexibility index (Phi) is 3.23. The number of H-pyrrole nitrogens is 1. The van der Waals surface area contributed by atoms with Crippen molar-refractivity contribution in [2.75, 3.05) is 4.72 Å². The first-order valence-corrected chi connectivity index (χ1v) is 6.61. The van der Waals surface area contributed by atoms with Gasteiger partial charge in [0.25, 0.3) is 10.0 Å². The number of nitrogens with zero attached hydrogens (tertiary/aromatic N) is 2. The molecule has 0 unspecified atom stereocenters. The van der Waals surface area contributed by atoms with E-state index in [9.17, 15) is 8.42 Å². The van der Waals surface area contributed by atoms with Gasteiger partial charge in [-0.05, 0) is 18.2 Å². The number of aromatic nitrogens is 2. The predicted molar refractivity (Wildman–Crippen MR) is 65.6 cm³/mol. The topological polar surface area (TPSA) is 98.6 Å². The highest BCUT2D eigenvalue weighted by Crippen LogP contribution is 2.23. The molecule has 2 rings (SSSR count). The van der Waals surface area contributed by atoms with Crippen LogP contribution in [0.15, 0.2) is 35.5 Å². The van der Waals surface area contributed by atoms with Crippen LogP contribution in [0.4, 0.5) is 5.95 Å². The van der Waals surface area contributed by atoms with Crippen molar-refractivity contribution in [3.05, 3.63) is 41.2 Å². The molecule has 2 aromatic rings. The van der Waals surface area contributed by atoms with Crippen LogP contribution >= 0.6 is 11.6 Å². The van der Waals surface area contributed by atoms with E-state index < -0.39 is 10.0 Å². The van der Waals surface area contributed by atoms with E-state index in [0.29, 0.717) is 0 Å². The van der Waals surface area contributed by atoms with Gasteiger partial charge >= 0.3 is 0 Å². The summed E-state index contributed by atoms with van der Waals surface area (Å²) in [4.78, 5) is 6.18. The summed E-state index contributed by atoms with van der Waals surface area (Å²) in [5, 5.41) is 8.78. The zero-order valence-corrected chi connectivity index (χ0v) is 10.5. The lowest BCUT2D eigenvalue weighted by Crippen LogP contribution is -2.14. The first-order chi connectivity index (χ1) is 8.53. The van der Waals surface area contributed by atoms with Crippen LogP contribution < -0.4 is 4.72 Å². The number of hydrogen-bond donors (Lipinski definition) is 2. The van der Waals surface area contributed by atoms with Crippen LogP contribution in [0.5, 0.6) is 0 Å². The summed E-state index contributed by atoms with van der Waals surface area (Å²) in [7, 11) is -3.87. The Morgan fingerprint density at radius 3 is 2.83 bits per heavy atom. The van der Waals surface area contributed by atoms with Gasteiger partial charge in [-0.1, -0.05) is 11.6 Å². The van der Waals surface area contributed by atoms with E-state index in [0.717, 1.165) is 0 Å². The summed E-state index contributed by atoms with van der Waals surface area (Å²) in [5.41, 5.74) is 0.208. The van der Waals surface area contributed by atoms with Crippen LogP contribution in [0, 0.1) is 11.3 Å². The largest absolute Gasteiger partial charge is 0.330 e. The van der Waals surface area contributed by atoms with Gasteiger partial charge in [0, 0.05) is 12.4 Å². The highest BCUT2D eigenvalue weighted by atomic mass is 35.5. The molecule has 18 heavy (non-hydrogen) atoms. The lowest BCUT2D eigenvalue weighted by molar-refractivity contribution is 0.601. The van der Waals surface area contributed by atoms with E-state index >= 15 is 0 Å². The van der Waals surface area contributed by atoms with Crippen molar-refractivity contribution in [2.24, 2.45) is 0 Å². The van der Waals surface area contributed by atoms with Crippen molar-refractivity contribution in [2.45, 2.75) is 4.90 Å². The number of nitrogens with one attached hydrogen (secondary N) is 2. The van der Waals surface area contributed by atoms with Crippen molar-refractivity contribution in [1.82, 2.24) is 9.97 Å². The van der Waals surface area contributed by atoms with Crippen LogP contribution in [0.2, 0.25) is 5.02 Å². The van der Waals surface area contributed by atoms with Gasteiger partial charge in [0.15, 0.2) is 0 Å². The minimum Gasteiger partial charge on any atom is -0.330 e. The summed E-state index contributed by atoms with van der Waals surface area (Å²) in [6.07, 6.45) is 2.89. The van der Waals surface area contributed by atoms with Gasteiger partial charge < -0.3 is 4.98 Å². The molecule has 1 aromatic carbocycles. The molecule has 0 spiro atoms. The molecule has 0 fully saturated rings. The fraction of sp³-hybridized carbons (Fsp3) is 0. The van der Waals surface area contributed by atoms with Gasteiger partial charge in [-0.2, -0.15) is 5.26 Å². The Hall–Kier alpha value is -2.04. The number of aromatic amines is 1. The number of sulfonamides is 1. The average Bonchev–Trinajstić information content (AvgIpc) is 2.81. The summed E-state index contributed by atoms with van der Waals surface area (Å²) in [6, 6.07) is 5.85. The normalized spacial score (nSPS) is 10.9. The van der Waals surface area contributed by atoms with E-state index in [1.54, 1.807) is 0 Å². The first-order valence-electron chi connectivity index (χ1n) is 4.75. The van der Waals surface area contributed by atoms with Crippen molar-refractivity contribution in [3.63, 3.8) is 0 Å². The molecule has 1 heterocycles. The highest BCUT2D eigenvalue weighted by Gasteiger charge is 2.19. The molecule has 92 valence electrons. The molecule has 1 aromatic heterocycles. The molecule has 0 aliphatic heterocycles. The van der Waals surface area contributed by atoms with E-state index in [2.05, 4.69) is 14.7 Å². The zero-order chi connectivity index (χ0) is 13.2. The Morgan fingerprint density at radius 1 is 1.44 bits per heavy atom. The third kappa shape index (κ3) is 2.45. The maximum absolute atomic E-state index is 12.0. The second-order valence-corrected chi connectivity index (χ2v) is 5.36. The summed E-state index contributed by atoms with van der Waals surface area (Å²) < 4.78 is 26.3. The van der Waals surface area contributed by atoms with E-state index in [4.69, 9.17) is 16.9 Å². The number of nitriles is 1. The molecule has 0 saturated heterocycles. The maximum atomic E-state index is 12.0. The Bertz CT molecular complexity index is 704. The zero-order valence-electron chi connectivity index (χ0n) is 8.88. The van der Waals surface area contributed by atoms with Crippen LogP contribution in [0.3, 0.4) is 0 Å². The molecule has 8 heteroatoms. The average molecular weight is 283 g/mol. The Labute approximate surface area is 108 Å². The SMILES string of the molecule is N#Cc1ccc(Cl)c(S(=O)(=O)Nc2ncc[nH]2)c1. The van der Waals surface area contributed by atoms with Gasteiger partial charge in [0.1, 0.15) is 4.90 Å². The van der Waals surface area contributed by atoms with Crippen molar-refractivity contribution >= 4 is 27.6 Å². The Balaban J connectivity index is 2.44. The lowest BCUT2D eigenvalue weighted by atomic mass is 10.2. The predicted octanol–water partition coefficient (Wildman–Crippen LogP) is 1.74. The second kappa shape index (κ2) is 4.68. The van der Waals surface area contributed by atoms with Crippen LogP contribution in [0.1, 0.15) is 5.56 Å². The second-order valence-electron chi connectivity index (χ2n) is 3.30. The fourth-order valence-electron chi connectivity index (χ4n) is 1.28. The molecule has 0 aliphatic carbocycles. The van der Waals surface area contributed by atoms with Crippen molar-refractivity contribution < 1.29 is 8.42 Å². The van der Waals surface area contributed by atoms with Crippen LogP contribution in [0.25, 0.3) is 0 Å². The number of anilines is 1. The third-order valence-corrected chi connectivity index (χ3v) is 3.90. The monoisotopic (exact) mass is 282 g/mol. The third-order valence-electron chi connectivity index (χ3n) is 2.08. The minimum absolute atomic E-state index is 0.0352. The van der Waals surface area contributed by atoms with Crippen molar-refractivity contribution in [1.29, 1.82) is 5.26 Å². The Morgan fingerprint density at radius 2 is 2.22 bits per heavy atom. The summed E-state index contributed by atoms with van der Waals surface area (Å²) in [5.74, 6) is 0.0772. The number of hydrogen-bond acceptors (Lipinski definition) is 4. The molecule has 0 saturated carbocycles. The van der Waals surface area contributed by atoms with Gasteiger partial charge in [-0.3, -0.25) is 0 Å². The fourth-order valence-corrected chi connectivity index (χ4v) is 2.79. The number of rotatable bonds is 3. The molecule has 0 radical (unpaired) electrons. The summed E-state index contributed by atoms with van der Waals surface area (Å²) >= 11 is 5.82. The van der Waals surface area contributed by atoms with Gasteiger partial charge in [0.2, 0.25) is 5.95 Å². The minimum atomic E-state index is -3.87. The number of imidazole rings is 1. The molecule has 0 bridgehead atoms. The van der Waals surface area contributed by atoms with Crippen LogP contribution in [-0.2, 0) is 10.0 Å². The van der Waals surface area contributed by atoms with Gasteiger partial charge in [-0.25, -0.2) is 18.1 Å². The molecular weight excluding hydrogens is 276 g/mol. The van der Waals surface area contributed by atoms with Gasteiger partial charge in [0.05, 0.1) is 16.7 Å². The standard InChI is InChI=1S/C10H7ClN4O2S/c11-8-2-1-7(6-12)5-9(8)18(16,17)15-10-13-3-4-14-10/h1-5H,(H2,13,14,15). The summed E-state index contributed by atoms with van der Waals surface area (Å²) in [6.45, 7) is 0. The lowest BCUT2D eigenvalue weighted by Gasteiger charge is -2.07. The smallest absolute Gasteiger partial charge is 0.265 e. The van der Waals surface area contributed by atoms with Gasteiger partial charge in [-0.15, -0.1) is 0 Å². The quantitative estimate of drug-likeness (QED) is 0.895. The van der Waals surface area contributed by atoms with Crippen LogP contribution in [-0.4, -0.2) is 18.4 Å². The number of halogens is 1. The molecule has 2 N–H and O–H groups in total. The number of benzene rings is 1. The molecule has 6 nitrogen and oxygen atoms in total. The van der Waals surface area contributed by atoms with Crippen molar-refractivity contribution in [3.8, 4) is 6.07 Å². The molecular formula is C10H7ClN4O2S. The van der Waals surface area contributed by atoms with E-state index in [1.807, 2.05) is 6.07 Å². The van der Waals surface area contributed by atoms with E-state index in [-0.39, 0.29) is 21.4 Å². The molecule has 0 atom stereocenters. The first kappa shape index (κ1) is 12.4. The highest BCUT2D eigenvalue weighted by molar-refractivity contribution is 7.92. The van der Waals surface area contributed by atoms with E-state index in [1.165, 1.54) is 30.6 Å².